The molecule has 0 spiro atoms. The van der Waals surface area contributed by atoms with E-state index in [1.165, 1.54) is 0 Å². The molecule has 0 aliphatic carbocycles. The van der Waals surface area contributed by atoms with Crippen molar-refractivity contribution in [1.29, 1.82) is 0 Å². The Balaban J connectivity index is 3.13. The molecule has 70 valence electrons. The number of aromatic nitrogens is 1. The first-order valence-corrected chi connectivity index (χ1v) is 3.25. The maximum absolute atomic E-state index is 12.7. The fourth-order valence-electron chi connectivity index (χ4n) is 0.737. The summed E-state index contributed by atoms with van der Waals surface area (Å²) in [6, 6.07) is 0.587. The van der Waals surface area contributed by atoms with Gasteiger partial charge in [0.05, 0.1) is 5.56 Å². The standard InChI is InChI=1S/C7H5F3N2O/c8-4-1-5(7(11)13)12-2-3(4)6(9)10/h1-2,6H,(H2,11,13). The highest BCUT2D eigenvalue weighted by molar-refractivity contribution is 5.90. The van der Waals surface area contributed by atoms with Crippen molar-refractivity contribution in [2.45, 2.75) is 6.43 Å². The van der Waals surface area contributed by atoms with Crippen LogP contribution in [0.5, 0.6) is 0 Å². The fourth-order valence-corrected chi connectivity index (χ4v) is 0.737. The highest BCUT2D eigenvalue weighted by Crippen LogP contribution is 2.20. The summed E-state index contributed by atoms with van der Waals surface area (Å²) in [6.07, 6.45) is -2.35. The Bertz CT molecular complexity index is 341. The number of alkyl halides is 2. The molecule has 1 rings (SSSR count). The summed E-state index contributed by atoms with van der Waals surface area (Å²) in [4.78, 5) is 13.7. The van der Waals surface area contributed by atoms with E-state index in [1.807, 2.05) is 0 Å². The van der Waals surface area contributed by atoms with Gasteiger partial charge in [-0.3, -0.25) is 9.78 Å². The first-order chi connectivity index (χ1) is 6.02. The van der Waals surface area contributed by atoms with Crippen LogP contribution in [0, 0.1) is 5.82 Å². The number of nitrogens with two attached hydrogens (primary N) is 1. The topological polar surface area (TPSA) is 56.0 Å². The van der Waals surface area contributed by atoms with E-state index in [-0.39, 0.29) is 5.69 Å². The number of hydrogen-bond acceptors (Lipinski definition) is 2. The van der Waals surface area contributed by atoms with Crippen LogP contribution in [0.15, 0.2) is 12.3 Å². The van der Waals surface area contributed by atoms with Crippen molar-refractivity contribution < 1.29 is 18.0 Å². The van der Waals surface area contributed by atoms with Gasteiger partial charge < -0.3 is 5.73 Å². The van der Waals surface area contributed by atoms with Crippen molar-refractivity contribution in [2.75, 3.05) is 0 Å². The van der Waals surface area contributed by atoms with E-state index in [1.54, 1.807) is 0 Å². The lowest BCUT2D eigenvalue weighted by atomic mass is 10.2. The van der Waals surface area contributed by atoms with E-state index in [0.717, 1.165) is 0 Å². The van der Waals surface area contributed by atoms with Crippen molar-refractivity contribution in [2.24, 2.45) is 5.73 Å². The minimum Gasteiger partial charge on any atom is -0.364 e. The number of amides is 1. The lowest BCUT2D eigenvalue weighted by molar-refractivity contribution is 0.0993. The third-order valence-electron chi connectivity index (χ3n) is 1.37. The molecule has 0 radical (unpaired) electrons. The molecule has 0 saturated carbocycles. The third-order valence-corrected chi connectivity index (χ3v) is 1.37. The Morgan fingerprint density at radius 3 is 2.54 bits per heavy atom. The number of primary amides is 1. The first-order valence-electron chi connectivity index (χ1n) is 3.25. The highest BCUT2D eigenvalue weighted by atomic mass is 19.3. The van der Waals surface area contributed by atoms with Crippen LogP contribution < -0.4 is 5.73 Å². The van der Waals surface area contributed by atoms with Crippen LogP contribution in [0.1, 0.15) is 22.5 Å². The molecule has 0 unspecified atom stereocenters. The second kappa shape index (κ2) is 3.42. The van der Waals surface area contributed by atoms with Crippen LogP contribution >= 0.6 is 0 Å². The van der Waals surface area contributed by atoms with E-state index in [2.05, 4.69) is 4.98 Å². The molecule has 0 fully saturated rings. The predicted octanol–water partition coefficient (Wildman–Crippen LogP) is 1.26. The number of nitrogens with zero attached hydrogens (tertiary/aromatic N) is 1. The van der Waals surface area contributed by atoms with Crippen LogP contribution in [0.25, 0.3) is 0 Å². The molecule has 1 amide bonds. The number of pyridine rings is 1. The summed E-state index contributed by atoms with van der Waals surface area (Å²) >= 11 is 0. The van der Waals surface area contributed by atoms with Crippen LogP contribution in [0.2, 0.25) is 0 Å². The van der Waals surface area contributed by atoms with Gasteiger partial charge in [-0.15, -0.1) is 0 Å². The van der Waals surface area contributed by atoms with Gasteiger partial charge in [-0.05, 0) is 0 Å². The van der Waals surface area contributed by atoms with Gasteiger partial charge in [0, 0.05) is 12.3 Å². The van der Waals surface area contributed by atoms with Crippen molar-refractivity contribution in [3.8, 4) is 0 Å². The quantitative estimate of drug-likeness (QED) is 0.763. The van der Waals surface area contributed by atoms with Gasteiger partial charge in [-0.1, -0.05) is 0 Å². The molecule has 0 bridgehead atoms. The van der Waals surface area contributed by atoms with Gasteiger partial charge in [0.1, 0.15) is 11.5 Å². The van der Waals surface area contributed by atoms with Gasteiger partial charge in [0.2, 0.25) is 0 Å². The van der Waals surface area contributed by atoms with Crippen molar-refractivity contribution >= 4 is 5.91 Å². The molecule has 0 aliphatic rings. The van der Waals surface area contributed by atoms with Crippen LogP contribution in [0.3, 0.4) is 0 Å². The molecule has 1 aromatic heterocycles. The molecule has 0 aliphatic heterocycles. The van der Waals surface area contributed by atoms with Gasteiger partial charge in [-0.2, -0.15) is 0 Å². The second-order valence-corrected chi connectivity index (χ2v) is 2.26. The summed E-state index contributed by atoms with van der Waals surface area (Å²) in [6.45, 7) is 0. The largest absolute Gasteiger partial charge is 0.364 e. The third kappa shape index (κ3) is 1.95. The molecular weight excluding hydrogens is 185 g/mol. The van der Waals surface area contributed by atoms with Crippen LogP contribution in [-0.2, 0) is 0 Å². The lowest BCUT2D eigenvalue weighted by Crippen LogP contribution is -2.13. The number of carbonyl (C=O) groups is 1. The maximum atomic E-state index is 12.7. The minimum absolute atomic E-state index is 0.373. The van der Waals surface area contributed by atoms with E-state index in [9.17, 15) is 18.0 Å². The number of halogens is 3. The van der Waals surface area contributed by atoms with E-state index in [0.29, 0.717) is 12.3 Å². The van der Waals surface area contributed by atoms with Gasteiger partial charge in [-0.25, -0.2) is 13.2 Å². The summed E-state index contributed by atoms with van der Waals surface area (Å²) in [5.41, 5.74) is 3.54. The van der Waals surface area contributed by atoms with Crippen LogP contribution in [-0.4, -0.2) is 10.9 Å². The molecule has 0 atom stereocenters. The Hall–Kier alpha value is -1.59. The average molecular weight is 190 g/mol. The zero-order valence-corrected chi connectivity index (χ0v) is 6.30. The molecule has 1 heterocycles. The highest BCUT2D eigenvalue weighted by Gasteiger charge is 2.15. The fraction of sp³-hybridized carbons (Fsp3) is 0.143. The molecule has 0 aromatic carbocycles. The van der Waals surface area contributed by atoms with E-state index in [4.69, 9.17) is 5.73 Å². The summed E-state index contributed by atoms with van der Waals surface area (Å²) in [7, 11) is 0. The SMILES string of the molecule is NC(=O)c1cc(F)c(C(F)F)cn1. The summed E-state index contributed by atoms with van der Waals surface area (Å²) in [5, 5.41) is 0. The summed E-state index contributed by atoms with van der Waals surface area (Å²) < 4.78 is 36.7. The summed E-state index contributed by atoms with van der Waals surface area (Å²) in [5.74, 6) is -2.14. The molecule has 2 N–H and O–H groups in total. The van der Waals surface area contributed by atoms with E-state index < -0.39 is 23.7 Å². The first kappa shape index (κ1) is 9.50. The monoisotopic (exact) mass is 190 g/mol. The molecule has 3 nitrogen and oxygen atoms in total. The number of carbonyl (C=O) groups excluding carboxylic acids is 1. The average Bonchev–Trinajstić information content (AvgIpc) is 2.03. The molecule has 1 aromatic rings. The van der Waals surface area contributed by atoms with Crippen LogP contribution in [0.4, 0.5) is 13.2 Å². The molecular formula is C7H5F3N2O. The van der Waals surface area contributed by atoms with Gasteiger partial charge in [0.15, 0.2) is 0 Å². The molecule has 0 saturated heterocycles. The Labute approximate surface area is 71.4 Å². The number of rotatable bonds is 2. The second-order valence-electron chi connectivity index (χ2n) is 2.26. The van der Waals surface area contributed by atoms with Crippen molar-refractivity contribution in [1.82, 2.24) is 4.98 Å². The minimum atomic E-state index is -2.95. The lowest BCUT2D eigenvalue weighted by Gasteiger charge is -2.01. The number of hydrogen-bond donors (Lipinski definition) is 1. The van der Waals surface area contributed by atoms with Crippen molar-refractivity contribution in [3.63, 3.8) is 0 Å². The zero-order valence-electron chi connectivity index (χ0n) is 6.30. The zero-order chi connectivity index (χ0) is 10.0. The Kier molecular flexibility index (Phi) is 2.50. The Morgan fingerprint density at radius 2 is 2.15 bits per heavy atom. The van der Waals surface area contributed by atoms with Crippen molar-refractivity contribution in [3.05, 3.63) is 29.3 Å². The smallest absolute Gasteiger partial charge is 0.268 e. The molecule has 13 heavy (non-hydrogen) atoms. The Morgan fingerprint density at radius 1 is 1.54 bits per heavy atom. The normalized spacial score (nSPS) is 10.5. The van der Waals surface area contributed by atoms with Gasteiger partial charge in [0.25, 0.3) is 12.3 Å². The predicted molar refractivity (Wildman–Crippen MR) is 37.7 cm³/mol. The van der Waals surface area contributed by atoms with E-state index >= 15 is 0 Å². The van der Waals surface area contributed by atoms with Gasteiger partial charge >= 0.3 is 0 Å². The molecule has 6 heteroatoms. The maximum Gasteiger partial charge on any atom is 0.268 e.